The number of anilines is 4. The molecule has 9 nitrogen and oxygen atoms in total. The number of nitrogens with zero attached hydrogens (tertiary/aromatic N) is 3. The summed E-state index contributed by atoms with van der Waals surface area (Å²) in [4.78, 5) is 30.8. The SMILES string of the molecule is CC(C)COC(=O)c1ccc(Nc2ncnc(Nc3ccccc3F)c2[N+](=O)[O-])cc1. The van der Waals surface area contributed by atoms with Crippen LogP contribution in [-0.4, -0.2) is 27.5 Å². The molecule has 160 valence electrons. The average molecular weight is 425 g/mol. The van der Waals surface area contributed by atoms with Crippen molar-refractivity contribution in [2.24, 2.45) is 5.92 Å². The molecule has 10 heteroatoms. The van der Waals surface area contributed by atoms with Crippen molar-refractivity contribution in [1.29, 1.82) is 0 Å². The highest BCUT2D eigenvalue weighted by Gasteiger charge is 2.24. The lowest BCUT2D eigenvalue weighted by molar-refractivity contribution is -0.383. The molecule has 0 saturated heterocycles. The molecule has 0 spiro atoms. The fraction of sp³-hybridized carbons (Fsp3) is 0.190. The number of carbonyl (C=O) groups excluding carboxylic acids is 1. The van der Waals surface area contributed by atoms with E-state index in [9.17, 15) is 19.3 Å². The molecular formula is C21H20FN5O4. The van der Waals surface area contributed by atoms with Gasteiger partial charge in [0.05, 0.1) is 22.8 Å². The number of aromatic nitrogens is 2. The van der Waals surface area contributed by atoms with E-state index in [0.29, 0.717) is 17.9 Å². The number of hydrogen-bond acceptors (Lipinski definition) is 8. The number of hydrogen-bond donors (Lipinski definition) is 2. The fourth-order valence-electron chi connectivity index (χ4n) is 2.58. The van der Waals surface area contributed by atoms with Crippen LogP contribution < -0.4 is 10.6 Å². The molecular weight excluding hydrogens is 405 g/mol. The van der Waals surface area contributed by atoms with Crippen molar-refractivity contribution < 1.29 is 18.8 Å². The molecule has 0 aliphatic rings. The van der Waals surface area contributed by atoms with E-state index in [1.807, 2.05) is 13.8 Å². The Morgan fingerprint density at radius 2 is 1.74 bits per heavy atom. The van der Waals surface area contributed by atoms with Crippen molar-refractivity contribution in [2.75, 3.05) is 17.2 Å². The maximum atomic E-state index is 13.9. The van der Waals surface area contributed by atoms with Gasteiger partial charge in [-0.25, -0.2) is 19.2 Å². The van der Waals surface area contributed by atoms with Crippen molar-refractivity contribution in [3.63, 3.8) is 0 Å². The monoisotopic (exact) mass is 425 g/mol. The summed E-state index contributed by atoms with van der Waals surface area (Å²) < 4.78 is 19.1. The van der Waals surface area contributed by atoms with Crippen molar-refractivity contribution >= 4 is 34.7 Å². The predicted molar refractivity (Wildman–Crippen MR) is 113 cm³/mol. The number of nitrogens with one attached hydrogen (secondary N) is 2. The zero-order valence-electron chi connectivity index (χ0n) is 16.8. The summed E-state index contributed by atoms with van der Waals surface area (Å²) in [6, 6.07) is 12.0. The van der Waals surface area contributed by atoms with Gasteiger partial charge in [0.1, 0.15) is 12.1 Å². The first-order chi connectivity index (χ1) is 14.8. The molecule has 1 heterocycles. The van der Waals surface area contributed by atoms with Gasteiger partial charge in [-0.15, -0.1) is 0 Å². The maximum Gasteiger partial charge on any atom is 0.353 e. The third-order valence-electron chi connectivity index (χ3n) is 4.06. The molecule has 0 unspecified atom stereocenters. The van der Waals surface area contributed by atoms with Crippen LogP contribution in [0.25, 0.3) is 0 Å². The maximum absolute atomic E-state index is 13.9. The Kier molecular flexibility index (Phi) is 6.71. The summed E-state index contributed by atoms with van der Waals surface area (Å²) in [5.41, 5.74) is 0.398. The Balaban J connectivity index is 1.82. The second-order valence-corrected chi connectivity index (χ2v) is 6.98. The van der Waals surface area contributed by atoms with Crippen LogP contribution in [0.4, 0.5) is 33.1 Å². The van der Waals surface area contributed by atoms with Crippen molar-refractivity contribution in [3.05, 3.63) is 76.4 Å². The first kappa shape index (κ1) is 21.6. The van der Waals surface area contributed by atoms with Crippen LogP contribution in [0.2, 0.25) is 0 Å². The van der Waals surface area contributed by atoms with Crippen LogP contribution in [0.15, 0.2) is 54.9 Å². The van der Waals surface area contributed by atoms with E-state index in [2.05, 4.69) is 20.6 Å². The van der Waals surface area contributed by atoms with Gasteiger partial charge in [0.25, 0.3) is 0 Å². The number of ether oxygens (including phenoxy) is 1. The molecule has 0 saturated carbocycles. The van der Waals surface area contributed by atoms with Crippen LogP contribution in [0.1, 0.15) is 24.2 Å². The third-order valence-corrected chi connectivity index (χ3v) is 4.06. The Hall–Kier alpha value is -4.08. The van der Waals surface area contributed by atoms with Gasteiger partial charge in [-0.3, -0.25) is 10.1 Å². The Bertz CT molecular complexity index is 1090. The number of esters is 1. The number of nitro groups is 1. The van der Waals surface area contributed by atoms with Crippen molar-refractivity contribution in [3.8, 4) is 0 Å². The highest BCUT2D eigenvalue weighted by atomic mass is 19.1. The summed E-state index contributed by atoms with van der Waals surface area (Å²) in [5.74, 6) is -1.07. The molecule has 3 aromatic rings. The van der Waals surface area contributed by atoms with Gasteiger partial charge in [0.2, 0.25) is 11.6 Å². The topological polar surface area (TPSA) is 119 Å². The zero-order valence-corrected chi connectivity index (χ0v) is 16.8. The van der Waals surface area contributed by atoms with E-state index in [1.54, 1.807) is 18.2 Å². The Morgan fingerprint density at radius 1 is 1.10 bits per heavy atom. The summed E-state index contributed by atoms with van der Waals surface area (Å²) in [6.45, 7) is 4.18. The average Bonchev–Trinajstić information content (AvgIpc) is 2.74. The molecule has 3 rings (SSSR count). The van der Waals surface area contributed by atoms with Crippen molar-refractivity contribution in [2.45, 2.75) is 13.8 Å². The molecule has 1 aromatic heterocycles. The number of para-hydroxylation sites is 1. The summed E-state index contributed by atoms with van der Waals surface area (Å²) in [6.07, 6.45) is 1.12. The first-order valence-electron chi connectivity index (χ1n) is 9.40. The standard InChI is InChI=1S/C21H20FN5O4/c1-13(2)11-31-21(28)14-7-9-15(10-8-14)25-19-18(27(29)30)20(24-12-23-19)26-17-6-4-3-5-16(17)22/h3-10,12-13H,11H2,1-2H3,(H2,23,24,25,26). The zero-order chi connectivity index (χ0) is 22.4. The number of halogens is 1. The molecule has 0 aliphatic heterocycles. The van der Waals surface area contributed by atoms with Crippen LogP contribution >= 0.6 is 0 Å². The molecule has 0 bridgehead atoms. The van der Waals surface area contributed by atoms with Gasteiger partial charge < -0.3 is 15.4 Å². The van der Waals surface area contributed by atoms with Crippen molar-refractivity contribution in [1.82, 2.24) is 9.97 Å². The Morgan fingerprint density at radius 3 is 2.35 bits per heavy atom. The highest BCUT2D eigenvalue weighted by molar-refractivity contribution is 5.90. The van der Waals surface area contributed by atoms with Gasteiger partial charge in [-0.2, -0.15) is 0 Å². The number of carbonyl (C=O) groups is 1. The lowest BCUT2D eigenvalue weighted by Crippen LogP contribution is -2.10. The van der Waals surface area contributed by atoms with Gasteiger partial charge in [0.15, 0.2) is 0 Å². The van der Waals surface area contributed by atoms with E-state index >= 15 is 0 Å². The second-order valence-electron chi connectivity index (χ2n) is 6.98. The van der Waals surface area contributed by atoms with Crippen LogP contribution in [0.3, 0.4) is 0 Å². The third kappa shape index (κ3) is 5.50. The largest absolute Gasteiger partial charge is 0.462 e. The lowest BCUT2D eigenvalue weighted by atomic mass is 10.2. The molecule has 2 aromatic carbocycles. The number of benzene rings is 2. The van der Waals surface area contributed by atoms with Gasteiger partial charge in [0, 0.05) is 5.69 Å². The lowest BCUT2D eigenvalue weighted by Gasteiger charge is -2.11. The summed E-state index contributed by atoms with van der Waals surface area (Å²) in [5, 5.41) is 17.1. The first-order valence-corrected chi connectivity index (χ1v) is 9.40. The van der Waals surface area contributed by atoms with Crippen LogP contribution in [-0.2, 0) is 4.74 Å². The summed E-state index contributed by atoms with van der Waals surface area (Å²) in [7, 11) is 0. The summed E-state index contributed by atoms with van der Waals surface area (Å²) >= 11 is 0. The number of rotatable bonds is 8. The quantitative estimate of drug-likeness (QED) is 0.299. The van der Waals surface area contributed by atoms with E-state index in [0.717, 1.165) is 6.33 Å². The minimum absolute atomic E-state index is 0.0412. The van der Waals surface area contributed by atoms with Crippen LogP contribution in [0, 0.1) is 21.8 Å². The molecule has 0 aliphatic carbocycles. The smallest absolute Gasteiger partial charge is 0.353 e. The molecule has 0 radical (unpaired) electrons. The van der Waals surface area contributed by atoms with Gasteiger partial charge in [-0.05, 0) is 42.3 Å². The van der Waals surface area contributed by atoms with E-state index in [1.165, 1.54) is 30.3 Å². The molecule has 0 atom stereocenters. The normalized spacial score (nSPS) is 10.6. The van der Waals surface area contributed by atoms with Gasteiger partial charge >= 0.3 is 11.7 Å². The second kappa shape index (κ2) is 9.61. The minimum Gasteiger partial charge on any atom is -0.462 e. The van der Waals surface area contributed by atoms with Gasteiger partial charge in [-0.1, -0.05) is 26.0 Å². The minimum atomic E-state index is -0.664. The van der Waals surface area contributed by atoms with E-state index in [-0.39, 0.29) is 23.2 Å². The van der Waals surface area contributed by atoms with E-state index < -0.39 is 22.4 Å². The highest BCUT2D eigenvalue weighted by Crippen LogP contribution is 2.33. The molecule has 0 fully saturated rings. The molecule has 2 N–H and O–H groups in total. The molecule has 0 amide bonds. The predicted octanol–water partition coefficient (Wildman–Crippen LogP) is 4.82. The fourth-order valence-corrected chi connectivity index (χ4v) is 2.58. The molecule has 31 heavy (non-hydrogen) atoms. The van der Waals surface area contributed by atoms with E-state index in [4.69, 9.17) is 4.74 Å². The Labute approximate surface area is 177 Å². The van der Waals surface area contributed by atoms with Crippen LogP contribution in [0.5, 0.6) is 0 Å².